The van der Waals surface area contributed by atoms with Gasteiger partial charge in [-0.05, 0) is 47.4 Å². The van der Waals surface area contributed by atoms with E-state index >= 15 is 0 Å². The van der Waals surface area contributed by atoms with E-state index in [4.69, 9.17) is 9.72 Å². The SMILES string of the molecule is CN(Cc1nc2ccccc2n1CCOc1ccc(C(C)(C)C)cc1)C(=O)c1cccnc1. The fraction of sp³-hybridized carbons (Fsp3) is 0.296. The Morgan fingerprint density at radius 3 is 2.48 bits per heavy atom. The molecule has 0 bridgehead atoms. The summed E-state index contributed by atoms with van der Waals surface area (Å²) >= 11 is 0. The van der Waals surface area contributed by atoms with Crippen molar-refractivity contribution in [2.45, 2.75) is 39.3 Å². The number of fused-ring (bicyclic) bond motifs is 1. The van der Waals surface area contributed by atoms with Gasteiger partial charge in [0, 0.05) is 19.4 Å². The van der Waals surface area contributed by atoms with Crippen LogP contribution in [-0.4, -0.2) is 39.0 Å². The largest absolute Gasteiger partial charge is 0.492 e. The standard InChI is InChI=1S/C27H30N4O2/c1-27(2,3)21-11-13-22(14-12-21)33-17-16-31-24-10-6-5-9-23(24)29-25(31)19-30(4)26(32)20-8-7-15-28-18-20/h5-15,18H,16-17,19H2,1-4H3. The second-order valence-electron chi connectivity index (χ2n) is 9.19. The Bertz CT molecular complexity index is 1220. The Balaban J connectivity index is 1.49. The van der Waals surface area contributed by atoms with Crippen molar-refractivity contribution < 1.29 is 9.53 Å². The van der Waals surface area contributed by atoms with Crippen LogP contribution >= 0.6 is 0 Å². The quantitative estimate of drug-likeness (QED) is 0.400. The van der Waals surface area contributed by atoms with Gasteiger partial charge in [0.05, 0.1) is 29.7 Å². The highest BCUT2D eigenvalue weighted by atomic mass is 16.5. The lowest BCUT2D eigenvalue weighted by Gasteiger charge is -2.19. The first-order valence-corrected chi connectivity index (χ1v) is 11.2. The number of ether oxygens (including phenoxy) is 1. The van der Waals surface area contributed by atoms with Crippen molar-refractivity contribution in [3.63, 3.8) is 0 Å². The molecular weight excluding hydrogens is 412 g/mol. The summed E-state index contributed by atoms with van der Waals surface area (Å²) in [5, 5.41) is 0. The van der Waals surface area contributed by atoms with Crippen molar-refractivity contribution in [3.05, 3.63) is 90.0 Å². The Hall–Kier alpha value is -3.67. The minimum Gasteiger partial charge on any atom is -0.492 e. The molecule has 2 aromatic carbocycles. The van der Waals surface area contributed by atoms with Crippen LogP contribution in [0, 0.1) is 0 Å². The maximum absolute atomic E-state index is 12.8. The first kappa shape index (κ1) is 22.5. The molecule has 0 N–H and O–H groups in total. The van der Waals surface area contributed by atoms with Gasteiger partial charge in [-0.3, -0.25) is 9.78 Å². The molecular formula is C27H30N4O2. The predicted molar refractivity (Wildman–Crippen MR) is 130 cm³/mol. The maximum atomic E-state index is 12.8. The van der Waals surface area contributed by atoms with Crippen molar-refractivity contribution >= 4 is 16.9 Å². The van der Waals surface area contributed by atoms with Gasteiger partial charge >= 0.3 is 0 Å². The average Bonchev–Trinajstić information content (AvgIpc) is 3.16. The number of amides is 1. The molecule has 6 nitrogen and oxygen atoms in total. The molecule has 170 valence electrons. The fourth-order valence-corrected chi connectivity index (χ4v) is 3.80. The van der Waals surface area contributed by atoms with Crippen LogP contribution in [0.1, 0.15) is 42.5 Å². The molecule has 2 aromatic heterocycles. The Morgan fingerprint density at radius 2 is 1.79 bits per heavy atom. The third-order valence-electron chi connectivity index (χ3n) is 5.67. The molecule has 0 spiro atoms. The average molecular weight is 443 g/mol. The van der Waals surface area contributed by atoms with Crippen molar-refractivity contribution in [1.29, 1.82) is 0 Å². The highest BCUT2D eigenvalue weighted by Crippen LogP contribution is 2.24. The molecule has 4 rings (SSSR count). The van der Waals surface area contributed by atoms with E-state index in [0.717, 1.165) is 22.6 Å². The number of nitrogens with zero attached hydrogens (tertiary/aromatic N) is 4. The van der Waals surface area contributed by atoms with E-state index in [1.807, 2.05) is 36.4 Å². The van der Waals surface area contributed by atoms with Gasteiger partial charge in [0.25, 0.3) is 5.91 Å². The van der Waals surface area contributed by atoms with E-state index in [0.29, 0.717) is 25.3 Å². The van der Waals surface area contributed by atoms with Gasteiger partial charge in [0.2, 0.25) is 0 Å². The molecule has 0 radical (unpaired) electrons. The van der Waals surface area contributed by atoms with Crippen molar-refractivity contribution in [1.82, 2.24) is 19.4 Å². The molecule has 4 aromatic rings. The maximum Gasteiger partial charge on any atom is 0.255 e. The number of hydrogen-bond acceptors (Lipinski definition) is 4. The molecule has 2 heterocycles. The van der Waals surface area contributed by atoms with E-state index in [2.05, 4.69) is 42.5 Å². The summed E-state index contributed by atoms with van der Waals surface area (Å²) in [6, 6.07) is 19.8. The van der Waals surface area contributed by atoms with E-state index < -0.39 is 0 Å². The summed E-state index contributed by atoms with van der Waals surface area (Å²) < 4.78 is 8.17. The Morgan fingerprint density at radius 1 is 1.03 bits per heavy atom. The lowest BCUT2D eigenvalue weighted by molar-refractivity contribution is 0.0779. The monoisotopic (exact) mass is 442 g/mol. The third-order valence-corrected chi connectivity index (χ3v) is 5.67. The molecule has 0 aliphatic rings. The number of pyridine rings is 1. The van der Waals surface area contributed by atoms with Gasteiger partial charge < -0.3 is 14.2 Å². The Kier molecular flexibility index (Phi) is 6.45. The van der Waals surface area contributed by atoms with Gasteiger partial charge in [-0.15, -0.1) is 0 Å². The van der Waals surface area contributed by atoms with E-state index in [-0.39, 0.29) is 11.3 Å². The van der Waals surface area contributed by atoms with Gasteiger partial charge in [-0.2, -0.15) is 0 Å². The number of rotatable bonds is 7. The molecule has 1 amide bonds. The lowest BCUT2D eigenvalue weighted by atomic mass is 9.87. The number of para-hydroxylation sites is 2. The van der Waals surface area contributed by atoms with Crippen LogP contribution in [0.15, 0.2) is 73.1 Å². The van der Waals surface area contributed by atoms with Crippen LogP contribution < -0.4 is 4.74 Å². The number of carbonyl (C=O) groups excluding carboxylic acids is 1. The van der Waals surface area contributed by atoms with Crippen LogP contribution in [-0.2, 0) is 18.5 Å². The lowest BCUT2D eigenvalue weighted by Crippen LogP contribution is -2.28. The summed E-state index contributed by atoms with van der Waals surface area (Å²) in [5.74, 6) is 1.58. The van der Waals surface area contributed by atoms with E-state index in [9.17, 15) is 4.79 Å². The molecule has 0 saturated heterocycles. The second-order valence-corrected chi connectivity index (χ2v) is 9.19. The highest BCUT2D eigenvalue weighted by molar-refractivity contribution is 5.93. The number of benzene rings is 2. The van der Waals surface area contributed by atoms with Crippen LogP contribution in [0.5, 0.6) is 5.75 Å². The zero-order chi connectivity index (χ0) is 23.4. The summed E-state index contributed by atoms with van der Waals surface area (Å²) in [4.78, 5) is 23.3. The molecule has 0 unspecified atom stereocenters. The minimum absolute atomic E-state index is 0.0862. The normalized spacial score (nSPS) is 11.5. The van der Waals surface area contributed by atoms with E-state index in [1.54, 1.807) is 36.5 Å². The summed E-state index contributed by atoms with van der Waals surface area (Å²) in [6.45, 7) is 8.12. The molecule has 0 fully saturated rings. The first-order valence-electron chi connectivity index (χ1n) is 11.2. The number of hydrogen-bond donors (Lipinski definition) is 0. The molecule has 0 saturated carbocycles. The Labute approximate surface area is 194 Å². The van der Waals surface area contributed by atoms with Gasteiger partial charge in [-0.25, -0.2) is 4.98 Å². The van der Waals surface area contributed by atoms with Crippen LogP contribution in [0.4, 0.5) is 0 Å². The van der Waals surface area contributed by atoms with Crippen LogP contribution in [0.2, 0.25) is 0 Å². The van der Waals surface area contributed by atoms with Crippen molar-refractivity contribution in [3.8, 4) is 5.75 Å². The first-order chi connectivity index (χ1) is 15.8. The summed E-state index contributed by atoms with van der Waals surface area (Å²) in [5.41, 5.74) is 3.89. The van der Waals surface area contributed by atoms with Crippen molar-refractivity contribution in [2.24, 2.45) is 0 Å². The molecule has 6 heteroatoms. The summed E-state index contributed by atoms with van der Waals surface area (Å²) in [7, 11) is 1.78. The second kappa shape index (κ2) is 9.45. The van der Waals surface area contributed by atoms with E-state index in [1.165, 1.54) is 5.56 Å². The zero-order valence-electron chi connectivity index (χ0n) is 19.7. The van der Waals surface area contributed by atoms with Gasteiger partial charge in [-0.1, -0.05) is 45.0 Å². The fourth-order valence-electron chi connectivity index (χ4n) is 3.80. The molecule has 0 aliphatic heterocycles. The summed E-state index contributed by atoms with van der Waals surface area (Å²) in [6.07, 6.45) is 3.24. The number of aromatic nitrogens is 3. The van der Waals surface area contributed by atoms with Crippen molar-refractivity contribution in [2.75, 3.05) is 13.7 Å². The topological polar surface area (TPSA) is 60.2 Å². The smallest absolute Gasteiger partial charge is 0.255 e. The van der Waals surface area contributed by atoms with Gasteiger partial charge in [0.15, 0.2) is 0 Å². The molecule has 0 atom stereocenters. The predicted octanol–water partition coefficient (Wildman–Crippen LogP) is 5.08. The number of imidazole rings is 1. The zero-order valence-corrected chi connectivity index (χ0v) is 19.7. The van der Waals surface area contributed by atoms with Crippen LogP contribution in [0.3, 0.4) is 0 Å². The van der Waals surface area contributed by atoms with Crippen LogP contribution in [0.25, 0.3) is 11.0 Å². The molecule has 0 aliphatic carbocycles. The molecule has 33 heavy (non-hydrogen) atoms. The highest BCUT2D eigenvalue weighted by Gasteiger charge is 2.17. The minimum atomic E-state index is -0.0862. The third kappa shape index (κ3) is 5.22. The van der Waals surface area contributed by atoms with Gasteiger partial charge in [0.1, 0.15) is 18.2 Å². The number of carbonyl (C=O) groups is 1.